The minimum atomic E-state index is -0.676. The number of nitrogens with zero attached hydrogens (tertiary/aromatic N) is 1. The SMILES string of the molecule is O=C(NCC(O)(C1CC1)C1CC1)c1ccccn1. The Balaban J connectivity index is 1.61. The van der Waals surface area contributed by atoms with Crippen molar-refractivity contribution in [1.29, 1.82) is 0 Å². The molecule has 1 heterocycles. The molecule has 0 aromatic carbocycles. The van der Waals surface area contributed by atoms with Gasteiger partial charge >= 0.3 is 0 Å². The van der Waals surface area contributed by atoms with E-state index in [0.29, 0.717) is 24.1 Å². The minimum absolute atomic E-state index is 0.199. The molecule has 0 bridgehead atoms. The molecule has 4 heteroatoms. The zero-order valence-corrected chi connectivity index (χ0v) is 10.3. The van der Waals surface area contributed by atoms with Crippen LogP contribution in [0, 0.1) is 11.8 Å². The Labute approximate surface area is 106 Å². The van der Waals surface area contributed by atoms with Gasteiger partial charge in [-0.1, -0.05) is 6.07 Å². The van der Waals surface area contributed by atoms with Crippen molar-refractivity contribution in [2.75, 3.05) is 6.54 Å². The Morgan fingerprint density at radius 3 is 2.50 bits per heavy atom. The lowest BCUT2D eigenvalue weighted by molar-refractivity contribution is -0.00325. The fraction of sp³-hybridized carbons (Fsp3) is 0.571. The Morgan fingerprint density at radius 2 is 2.00 bits per heavy atom. The van der Waals surface area contributed by atoms with Gasteiger partial charge in [0.05, 0.1) is 5.60 Å². The number of carbonyl (C=O) groups excluding carboxylic acids is 1. The molecule has 0 aliphatic heterocycles. The number of carbonyl (C=O) groups is 1. The largest absolute Gasteiger partial charge is 0.387 e. The first kappa shape index (κ1) is 11.7. The number of aliphatic hydroxyl groups is 1. The third-order valence-electron chi connectivity index (χ3n) is 4.00. The van der Waals surface area contributed by atoms with Crippen molar-refractivity contribution in [2.24, 2.45) is 11.8 Å². The van der Waals surface area contributed by atoms with E-state index in [1.165, 1.54) is 0 Å². The predicted octanol–water partition coefficient (Wildman–Crippen LogP) is 1.36. The number of nitrogens with one attached hydrogen (secondary N) is 1. The summed E-state index contributed by atoms with van der Waals surface area (Å²) in [5, 5.41) is 13.5. The van der Waals surface area contributed by atoms with E-state index in [4.69, 9.17) is 0 Å². The fourth-order valence-corrected chi connectivity index (χ4v) is 2.60. The van der Waals surface area contributed by atoms with Crippen LogP contribution in [0.3, 0.4) is 0 Å². The number of pyridine rings is 1. The lowest BCUT2D eigenvalue weighted by Crippen LogP contribution is -2.46. The first-order chi connectivity index (χ1) is 8.70. The molecule has 96 valence electrons. The lowest BCUT2D eigenvalue weighted by atomic mass is 9.91. The summed E-state index contributed by atoms with van der Waals surface area (Å²) in [7, 11) is 0. The molecule has 0 unspecified atom stereocenters. The highest BCUT2D eigenvalue weighted by Gasteiger charge is 2.53. The van der Waals surface area contributed by atoms with Crippen molar-refractivity contribution in [3.8, 4) is 0 Å². The van der Waals surface area contributed by atoms with Crippen LogP contribution in [0.5, 0.6) is 0 Å². The summed E-state index contributed by atoms with van der Waals surface area (Å²) in [5.74, 6) is 0.568. The smallest absolute Gasteiger partial charge is 0.269 e. The first-order valence-corrected chi connectivity index (χ1v) is 6.62. The normalized spacial score (nSPS) is 19.6. The molecular weight excluding hydrogens is 228 g/mol. The quantitative estimate of drug-likeness (QED) is 0.824. The summed E-state index contributed by atoms with van der Waals surface area (Å²) in [6.07, 6.45) is 5.96. The Bertz CT molecular complexity index is 426. The summed E-state index contributed by atoms with van der Waals surface area (Å²) in [5.41, 5.74) is -0.267. The lowest BCUT2D eigenvalue weighted by Gasteiger charge is -2.28. The molecular formula is C14H18N2O2. The summed E-state index contributed by atoms with van der Waals surface area (Å²) in [6, 6.07) is 5.25. The van der Waals surface area contributed by atoms with E-state index in [-0.39, 0.29) is 5.91 Å². The van der Waals surface area contributed by atoms with Gasteiger partial charge in [0, 0.05) is 12.7 Å². The van der Waals surface area contributed by atoms with Crippen LogP contribution in [0.25, 0.3) is 0 Å². The van der Waals surface area contributed by atoms with Crippen LogP contribution in [-0.2, 0) is 0 Å². The van der Waals surface area contributed by atoms with Gasteiger partial charge in [-0.15, -0.1) is 0 Å². The molecule has 2 N–H and O–H groups in total. The molecule has 0 radical (unpaired) electrons. The van der Waals surface area contributed by atoms with E-state index in [1.54, 1.807) is 24.4 Å². The molecule has 1 amide bonds. The number of rotatable bonds is 5. The molecule has 2 aliphatic rings. The minimum Gasteiger partial charge on any atom is -0.387 e. The number of hydrogen-bond donors (Lipinski definition) is 2. The van der Waals surface area contributed by atoms with Gasteiger partial charge in [0.25, 0.3) is 5.91 Å². The second-order valence-electron chi connectivity index (χ2n) is 5.44. The first-order valence-electron chi connectivity index (χ1n) is 6.62. The van der Waals surface area contributed by atoms with Crippen molar-refractivity contribution in [2.45, 2.75) is 31.3 Å². The standard InChI is InChI=1S/C14H18N2O2/c17-13(12-3-1-2-8-15-12)16-9-14(18,10-4-5-10)11-6-7-11/h1-3,8,10-11,18H,4-7,9H2,(H,16,17). The van der Waals surface area contributed by atoms with Crippen molar-refractivity contribution in [1.82, 2.24) is 10.3 Å². The zero-order chi connectivity index (χ0) is 12.6. The monoisotopic (exact) mass is 246 g/mol. The van der Waals surface area contributed by atoms with Gasteiger partial charge in [-0.2, -0.15) is 0 Å². The molecule has 0 saturated heterocycles. The highest BCUT2D eigenvalue weighted by atomic mass is 16.3. The molecule has 0 spiro atoms. The van der Waals surface area contributed by atoms with Gasteiger partial charge in [0.2, 0.25) is 0 Å². The van der Waals surface area contributed by atoms with Gasteiger partial charge in [-0.05, 0) is 49.7 Å². The van der Waals surface area contributed by atoms with Crippen LogP contribution in [-0.4, -0.2) is 28.1 Å². The topological polar surface area (TPSA) is 62.2 Å². The number of aromatic nitrogens is 1. The van der Waals surface area contributed by atoms with E-state index in [1.807, 2.05) is 0 Å². The van der Waals surface area contributed by atoms with Crippen molar-refractivity contribution in [3.05, 3.63) is 30.1 Å². The zero-order valence-electron chi connectivity index (χ0n) is 10.3. The van der Waals surface area contributed by atoms with Crippen LogP contribution in [0.4, 0.5) is 0 Å². The van der Waals surface area contributed by atoms with E-state index < -0.39 is 5.60 Å². The van der Waals surface area contributed by atoms with Gasteiger partial charge in [-0.25, -0.2) is 0 Å². The van der Waals surface area contributed by atoms with E-state index in [2.05, 4.69) is 10.3 Å². The second kappa shape index (κ2) is 4.35. The third kappa shape index (κ3) is 2.25. The predicted molar refractivity (Wildman–Crippen MR) is 67.0 cm³/mol. The molecule has 3 rings (SSSR count). The van der Waals surface area contributed by atoms with E-state index >= 15 is 0 Å². The third-order valence-corrected chi connectivity index (χ3v) is 4.00. The summed E-state index contributed by atoms with van der Waals surface area (Å²) in [6.45, 7) is 0.359. The molecule has 1 aromatic rings. The maximum atomic E-state index is 11.9. The molecule has 4 nitrogen and oxygen atoms in total. The van der Waals surface area contributed by atoms with Crippen LogP contribution in [0.1, 0.15) is 36.2 Å². The Hall–Kier alpha value is -1.42. The maximum absolute atomic E-state index is 11.9. The Kier molecular flexibility index (Phi) is 2.82. The van der Waals surface area contributed by atoms with Crippen LogP contribution < -0.4 is 5.32 Å². The highest BCUT2D eigenvalue weighted by molar-refractivity contribution is 5.92. The summed E-state index contributed by atoms with van der Waals surface area (Å²) < 4.78 is 0. The maximum Gasteiger partial charge on any atom is 0.269 e. The van der Waals surface area contributed by atoms with Gasteiger partial charge < -0.3 is 10.4 Å². The number of hydrogen-bond acceptors (Lipinski definition) is 3. The Morgan fingerprint density at radius 1 is 1.33 bits per heavy atom. The summed E-state index contributed by atoms with van der Waals surface area (Å²) in [4.78, 5) is 15.9. The average Bonchev–Trinajstić information content (AvgIpc) is 3.28. The van der Waals surface area contributed by atoms with Crippen LogP contribution in [0.15, 0.2) is 24.4 Å². The van der Waals surface area contributed by atoms with Crippen molar-refractivity contribution in [3.63, 3.8) is 0 Å². The van der Waals surface area contributed by atoms with Gasteiger partial charge in [-0.3, -0.25) is 9.78 Å². The molecule has 0 atom stereocenters. The van der Waals surface area contributed by atoms with Crippen LogP contribution in [0.2, 0.25) is 0 Å². The van der Waals surface area contributed by atoms with E-state index in [9.17, 15) is 9.90 Å². The molecule has 2 aliphatic carbocycles. The average molecular weight is 246 g/mol. The van der Waals surface area contributed by atoms with Crippen LogP contribution >= 0.6 is 0 Å². The van der Waals surface area contributed by atoms with Crippen molar-refractivity contribution < 1.29 is 9.90 Å². The van der Waals surface area contributed by atoms with E-state index in [0.717, 1.165) is 25.7 Å². The molecule has 1 aromatic heterocycles. The van der Waals surface area contributed by atoms with Gasteiger partial charge in [0.1, 0.15) is 5.69 Å². The second-order valence-corrected chi connectivity index (χ2v) is 5.44. The number of amides is 1. The fourth-order valence-electron chi connectivity index (χ4n) is 2.60. The highest BCUT2D eigenvalue weighted by Crippen LogP contribution is 2.51. The van der Waals surface area contributed by atoms with Crippen molar-refractivity contribution >= 4 is 5.91 Å². The van der Waals surface area contributed by atoms with Gasteiger partial charge in [0.15, 0.2) is 0 Å². The summed E-state index contributed by atoms with van der Waals surface area (Å²) >= 11 is 0. The molecule has 2 saturated carbocycles. The molecule has 2 fully saturated rings. The molecule has 18 heavy (non-hydrogen) atoms.